The van der Waals surface area contributed by atoms with Gasteiger partial charge in [-0.05, 0) is 62.8 Å². The third-order valence-corrected chi connectivity index (χ3v) is 7.63. The zero-order valence-corrected chi connectivity index (χ0v) is 21.4. The molecule has 196 valence electrons. The third-order valence-electron chi connectivity index (χ3n) is 7.30. The molecule has 1 aliphatic carbocycles. The number of fused-ring (bicyclic) bond motifs is 1. The number of nitrogens with zero attached hydrogens (tertiary/aromatic N) is 3. The molecule has 37 heavy (non-hydrogen) atoms. The number of benzene rings is 2. The van der Waals surface area contributed by atoms with Crippen molar-refractivity contribution in [1.29, 1.82) is 0 Å². The predicted molar refractivity (Wildman–Crippen MR) is 137 cm³/mol. The second-order valence-electron chi connectivity index (χ2n) is 9.82. The normalized spacial score (nSPS) is 16.8. The Kier molecular flexibility index (Phi) is 7.33. The van der Waals surface area contributed by atoms with Crippen molar-refractivity contribution >= 4 is 23.2 Å². The van der Waals surface area contributed by atoms with Crippen LogP contribution in [-0.2, 0) is 13.0 Å². The van der Waals surface area contributed by atoms with E-state index in [4.69, 9.17) is 16.3 Å². The van der Waals surface area contributed by atoms with Gasteiger partial charge >= 0.3 is 5.69 Å². The Balaban J connectivity index is 1.54. The number of nitrogens with one attached hydrogen (secondary N) is 1. The van der Waals surface area contributed by atoms with Gasteiger partial charge in [0.15, 0.2) is 0 Å². The van der Waals surface area contributed by atoms with Crippen LogP contribution < -0.4 is 15.7 Å². The van der Waals surface area contributed by atoms with Gasteiger partial charge in [0.05, 0.1) is 22.4 Å². The zero-order chi connectivity index (χ0) is 26.1. The largest absolute Gasteiger partial charge is 0.490 e. The van der Waals surface area contributed by atoms with E-state index in [1.54, 1.807) is 4.57 Å². The number of ether oxygens (including phenoxy) is 1. The van der Waals surface area contributed by atoms with E-state index >= 15 is 4.39 Å². The number of rotatable bonds is 6. The monoisotopic (exact) mass is 530 g/mol. The van der Waals surface area contributed by atoms with E-state index in [1.165, 1.54) is 24.6 Å². The number of anilines is 1. The van der Waals surface area contributed by atoms with Crippen molar-refractivity contribution in [3.05, 3.63) is 68.9 Å². The van der Waals surface area contributed by atoms with Gasteiger partial charge in [-0.15, -0.1) is 5.10 Å². The smallest absolute Gasteiger partial charge is 0.350 e. The minimum Gasteiger partial charge on any atom is -0.490 e. The molecule has 1 saturated carbocycles. The van der Waals surface area contributed by atoms with Crippen LogP contribution in [0.3, 0.4) is 0 Å². The topological polar surface area (TPSA) is 78.2 Å². The van der Waals surface area contributed by atoms with E-state index in [0.29, 0.717) is 24.7 Å². The summed E-state index contributed by atoms with van der Waals surface area (Å²) in [6.45, 7) is 2.47. The van der Waals surface area contributed by atoms with Crippen LogP contribution in [0.15, 0.2) is 35.1 Å². The minimum atomic E-state index is -0.800. The molecule has 1 aromatic heterocycles. The lowest BCUT2D eigenvalue weighted by Crippen LogP contribution is -2.28. The van der Waals surface area contributed by atoms with Crippen molar-refractivity contribution < 1.29 is 18.3 Å². The first-order valence-corrected chi connectivity index (χ1v) is 13.2. The fraction of sp³-hybridized carbons (Fsp3) is 0.444. The molecule has 1 N–H and O–H groups in total. The number of halogens is 3. The molecule has 1 amide bonds. The van der Waals surface area contributed by atoms with Gasteiger partial charge in [-0.25, -0.2) is 13.6 Å². The number of amides is 1. The van der Waals surface area contributed by atoms with Gasteiger partial charge in [-0.1, -0.05) is 30.9 Å². The average molecular weight is 531 g/mol. The van der Waals surface area contributed by atoms with Crippen molar-refractivity contribution in [1.82, 2.24) is 14.3 Å². The first-order chi connectivity index (χ1) is 17.8. The highest BCUT2D eigenvalue weighted by Crippen LogP contribution is 2.33. The van der Waals surface area contributed by atoms with Gasteiger partial charge in [0.1, 0.15) is 28.9 Å². The third kappa shape index (κ3) is 5.28. The lowest BCUT2D eigenvalue weighted by molar-refractivity contribution is 0.0997. The lowest BCUT2D eigenvalue weighted by atomic mass is 9.86. The van der Waals surface area contributed by atoms with Crippen LogP contribution in [0, 0.1) is 17.6 Å². The number of carbonyl (C=O) groups excluding carboxylic acids is 1. The molecule has 0 bridgehead atoms. The molecule has 5 rings (SSSR count). The molecular weight excluding hydrogens is 502 g/mol. The van der Waals surface area contributed by atoms with Crippen LogP contribution in [0.4, 0.5) is 14.5 Å². The molecule has 2 heterocycles. The van der Waals surface area contributed by atoms with Gasteiger partial charge in [-0.2, -0.15) is 4.68 Å². The van der Waals surface area contributed by atoms with E-state index in [0.717, 1.165) is 55.3 Å². The molecule has 2 aliphatic rings. The summed E-state index contributed by atoms with van der Waals surface area (Å²) >= 11 is 6.12. The Morgan fingerprint density at radius 3 is 2.68 bits per heavy atom. The van der Waals surface area contributed by atoms with Crippen LogP contribution in [0.5, 0.6) is 5.75 Å². The van der Waals surface area contributed by atoms with Crippen molar-refractivity contribution in [2.24, 2.45) is 5.92 Å². The Hall–Kier alpha value is -3.20. The minimum absolute atomic E-state index is 0.0560. The van der Waals surface area contributed by atoms with Crippen molar-refractivity contribution in [3.63, 3.8) is 0 Å². The Morgan fingerprint density at radius 1 is 1.14 bits per heavy atom. The quantitative estimate of drug-likeness (QED) is 0.430. The van der Waals surface area contributed by atoms with E-state index in [-0.39, 0.29) is 33.8 Å². The number of aryl methyl sites for hydroxylation is 1. The highest BCUT2D eigenvalue weighted by atomic mass is 35.5. The Bertz CT molecular complexity index is 1380. The van der Waals surface area contributed by atoms with E-state index in [2.05, 4.69) is 10.4 Å². The molecule has 0 radical (unpaired) electrons. The fourth-order valence-corrected chi connectivity index (χ4v) is 5.38. The maximum atomic E-state index is 15.5. The van der Waals surface area contributed by atoms with Gasteiger partial charge in [-0.3, -0.25) is 9.36 Å². The standard InChI is InChI=1S/C27H29ClF2N4O3/c1-16(17-7-3-2-4-8-17)37-24-15-23(34-27(36)33-12-6-5-9-25(33)32-34)21(30)14-19(24)26(35)31-22-13-18(29)10-11-20(22)28/h10-11,13-17H,2-9,12H2,1H3,(H,31,35). The van der Waals surface area contributed by atoms with Gasteiger partial charge in [0, 0.05) is 19.0 Å². The molecular formula is C27H29ClF2N4O3. The van der Waals surface area contributed by atoms with Crippen molar-refractivity contribution in [2.75, 3.05) is 5.32 Å². The van der Waals surface area contributed by atoms with E-state index < -0.39 is 23.2 Å². The number of aromatic nitrogens is 3. The van der Waals surface area contributed by atoms with Crippen LogP contribution >= 0.6 is 11.6 Å². The second-order valence-corrected chi connectivity index (χ2v) is 10.2. The summed E-state index contributed by atoms with van der Waals surface area (Å²) in [6.07, 6.45) is 7.56. The zero-order valence-electron chi connectivity index (χ0n) is 20.6. The second kappa shape index (κ2) is 10.7. The molecule has 0 spiro atoms. The van der Waals surface area contributed by atoms with Gasteiger partial charge in [0.2, 0.25) is 0 Å². The summed E-state index contributed by atoms with van der Waals surface area (Å²) in [7, 11) is 0. The molecule has 1 atom stereocenters. The number of hydrogen-bond donors (Lipinski definition) is 1. The van der Waals surface area contributed by atoms with E-state index in [1.807, 2.05) is 6.92 Å². The maximum absolute atomic E-state index is 15.5. The SMILES string of the molecule is CC(Oc1cc(-n2nc3n(c2=O)CCCC3)c(F)cc1C(=O)Nc1cc(F)ccc1Cl)C1CCCCC1. The average Bonchev–Trinajstić information content (AvgIpc) is 3.23. The molecule has 1 fully saturated rings. The molecule has 1 aliphatic heterocycles. The number of hydrogen-bond acceptors (Lipinski definition) is 4. The van der Waals surface area contributed by atoms with E-state index in [9.17, 15) is 14.0 Å². The molecule has 3 aromatic rings. The van der Waals surface area contributed by atoms with Gasteiger partial charge in [0.25, 0.3) is 5.91 Å². The molecule has 7 nitrogen and oxygen atoms in total. The highest BCUT2D eigenvalue weighted by molar-refractivity contribution is 6.34. The van der Waals surface area contributed by atoms with Crippen LogP contribution in [-0.4, -0.2) is 26.4 Å². The van der Waals surface area contributed by atoms with Crippen molar-refractivity contribution in [2.45, 2.75) is 70.9 Å². The first-order valence-electron chi connectivity index (χ1n) is 12.8. The fourth-order valence-electron chi connectivity index (χ4n) is 5.22. The summed E-state index contributed by atoms with van der Waals surface area (Å²) in [5.74, 6) is -1.06. The maximum Gasteiger partial charge on any atom is 0.350 e. The van der Waals surface area contributed by atoms with Crippen LogP contribution in [0.25, 0.3) is 5.69 Å². The van der Waals surface area contributed by atoms with Crippen molar-refractivity contribution in [3.8, 4) is 11.4 Å². The summed E-state index contributed by atoms with van der Waals surface area (Å²) in [4.78, 5) is 26.3. The summed E-state index contributed by atoms with van der Waals surface area (Å²) in [5, 5.41) is 7.06. The molecule has 10 heteroatoms. The molecule has 0 saturated heterocycles. The van der Waals surface area contributed by atoms with Crippen LogP contribution in [0.2, 0.25) is 5.02 Å². The lowest BCUT2D eigenvalue weighted by Gasteiger charge is -2.29. The summed E-state index contributed by atoms with van der Waals surface area (Å²) in [5.41, 5.74) is -0.539. The molecule has 1 unspecified atom stereocenters. The highest BCUT2D eigenvalue weighted by Gasteiger charge is 2.27. The molecule has 2 aromatic carbocycles. The first kappa shape index (κ1) is 25.4. The Labute approximate surface area is 218 Å². The summed E-state index contributed by atoms with van der Waals surface area (Å²) in [6, 6.07) is 5.98. The van der Waals surface area contributed by atoms with Gasteiger partial charge < -0.3 is 10.1 Å². The predicted octanol–water partition coefficient (Wildman–Crippen LogP) is 5.90. The Morgan fingerprint density at radius 2 is 1.92 bits per heavy atom. The summed E-state index contributed by atoms with van der Waals surface area (Å²) < 4.78 is 38.1. The van der Waals surface area contributed by atoms with Crippen LogP contribution in [0.1, 0.15) is 68.1 Å². The number of carbonyl (C=O) groups is 1.